The van der Waals surface area contributed by atoms with Crippen molar-refractivity contribution in [2.45, 2.75) is 89.7 Å². The van der Waals surface area contributed by atoms with Gasteiger partial charge in [-0.25, -0.2) is 0 Å². The van der Waals surface area contributed by atoms with E-state index in [1.807, 2.05) is 0 Å². The third kappa shape index (κ3) is 9.78. The summed E-state index contributed by atoms with van der Waals surface area (Å²) in [5.41, 5.74) is 16.6. The van der Waals surface area contributed by atoms with Crippen LogP contribution >= 0.6 is 0 Å². The third-order valence-electron chi connectivity index (χ3n) is 6.16. The summed E-state index contributed by atoms with van der Waals surface area (Å²) in [4.78, 5) is 67.8. The number of nitrogens with zero attached hydrogens (tertiary/aromatic N) is 2. The predicted octanol–water partition coefficient (Wildman–Crippen LogP) is -3.05. The van der Waals surface area contributed by atoms with Crippen LogP contribution in [0.25, 0.3) is 0 Å². The van der Waals surface area contributed by atoms with Crippen LogP contribution in [0.3, 0.4) is 0 Å². The Bertz CT molecular complexity index is 891. The quantitative estimate of drug-likeness (QED) is 0.0625. The number of aliphatic hydroxyl groups excluding tert-OH is 1. The number of nitrogens with two attached hydrogens (primary N) is 3. The molecule has 15 heteroatoms. The molecule has 4 amide bonds. The second kappa shape index (κ2) is 15.1. The molecule has 11 N–H and O–H groups in total. The van der Waals surface area contributed by atoms with Gasteiger partial charge in [-0.2, -0.15) is 0 Å². The Hall–Kier alpha value is -3.46. The molecule has 0 bridgehead atoms. The zero-order chi connectivity index (χ0) is 29.2. The molecular formula is C23H42N8O7. The van der Waals surface area contributed by atoms with Gasteiger partial charge in [0.25, 0.3) is 0 Å². The van der Waals surface area contributed by atoms with Crippen molar-refractivity contribution in [1.29, 1.82) is 0 Å². The highest BCUT2D eigenvalue weighted by atomic mass is 16.4. The maximum absolute atomic E-state index is 13.1. The van der Waals surface area contributed by atoms with Crippen molar-refractivity contribution in [2.75, 3.05) is 13.1 Å². The Kier molecular flexibility index (Phi) is 12.9. The van der Waals surface area contributed by atoms with Crippen molar-refractivity contribution < 1.29 is 34.2 Å². The van der Waals surface area contributed by atoms with Crippen LogP contribution < -0.4 is 33.2 Å². The van der Waals surface area contributed by atoms with Crippen molar-refractivity contribution in [3.8, 4) is 0 Å². The largest absolute Gasteiger partial charge is 0.480 e. The van der Waals surface area contributed by atoms with Crippen molar-refractivity contribution in [3.63, 3.8) is 0 Å². The number of likely N-dealkylation sites (tertiary alicyclic amines) is 1. The van der Waals surface area contributed by atoms with Crippen LogP contribution in [0, 0.1) is 5.92 Å². The molecule has 1 aliphatic rings. The number of guanidine groups is 1. The summed E-state index contributed by atoms with van der Waals surface area (Å²) in [5, 5.41) is 26.5. The molecule has 216 valence electrons. The van der Waals surface area contributed by atoms with Crippen LogP contribution in [0.1, 0.15) is 53.4 Å². The van der Waals surface area contributed by atoms with Crippen molar-refractivity contribution in [1.82, 2.24) is 20.9 Å². The maximum Gasteiger partial charge on any atom is 0.325 e. The van der Waals surface area contributed by atoms with E-state index >= 15 is 0 Å². The second-order valence-electron chi connectivity index (χ2n) is 9.77. The summed E-state index contributed by atoms with van der Waals surface area (Å²) in [6, 6.07) is -5.49. The van der Waals surface area contributed by atoms with Crippen molar-refractivity contribution in [2.24, 2.45) is 28.1 Å². The first kappa shape index (κ1) is 32.6. The lowest BCUT2D eigenvalue weighted by atomic mass is 10.0. The minimum absolute atomic E-state index is 0.0620. The van der Waals surface area contributed by atoms with Gasteiger partial charge in [0.2, 0.25) is 23.6 Å². The van der Waals surface area contributed by atoms with Crippen LogP contribution in [0.2, 0.25) is 0 Å². The van der Waals surface area contributed by atoms with E-state index in [9.17, 15) is 29.1 Å². The number of rotatable bonds is 14. The van der Waals surface area contributed by atoms with E-state index < -0.39 is 71.8 Å². The average molecular weight is 543 g/mol. The van der Waals surface area contributed by atoms with E-state index in [4.69, 9.17) is 22.3 Å². The number of carbonyl (C=O) groups excluding carboxylic acids is 4. The number of carboxylic acid groups (broad SMARTS) is 1. The second-order valence-corrected chi connectivity index (χ2v) is 9.77. The summed E-state index contributed by atoms with van der Waals surface area (Å²) >= 11 is 0. The van der Waals surface area contributed by atoms with E-state index in [-0.39, 0.29) is 5.96 Å². The molecule has 1 fully saturated rings. The number of aliphatic imine (C=N–C) groups is 1. The highest BCUT2D eigenvalue weighted by Gasteiger charge is 2.39. The first-order valence-electron chi connectivity index (χ1n) is 12.6. The van der Waals surface area contributed by atoms with Gasteiger partial charge in [0, 0.05) is 13.1 Å². The summed E-state index contributed by atoms with van der Waals surface area (Å²) in [5.74, 6) is -4.36. The van der Waals surface area contributed by atoms with E-state index in [2.05, 4.69) is 20.9 Å². The van der Waals surface area contributed by atoms with Crippen molar-refractivity contribution >= 4 is 35.6 Å². The van der Waals surface area contributed by atoms with E-state index in [0.717, 1.165) is 0 Å². The van der Waals surface area contributed by atoms with Gasteiger partial charge in [-0.1, -0.05) is 13.8 Å². The minimum atomic E-state index is -1.43. The highest BCUT2D eigenvalue weighted by molar-refractivity contribution is 5.96. The van der Waals surface area contributed by atoms with Crippen LogP contribution in [0.5, 0.6) is 0 Å². The number of aliphatic carboxylic acids is 1. The van der Waals surface area contributed by atoms with Crippen LogP contribution in [0.4, 0.5) is 0 Å². The van der Waals surface area contributed by atoms with E-state index in [1.54, 1.807) is 13.8 Å². The Morgan fingerprint density at radius 3 is 2.13 bits per heavy atom. The summed E-state index contributed by atoms with van der Waals surface area (Å²) in [7, 11) is 0. The molecule has 38 heavy (non-hydrogen) atoms. The first-order chi connectivity index (χ1) is 17.7. The molecule has 0 unspecified atom stereocenters. The average Bonchev–Trinajstić information content (AvgIpc) is 3.32. The third-order valence-corrected chi connectivity index (χ3v) is 6.16. The lowest BCUT2D eigenvalue weighted by Gasteiger charge is -2.30. The van der Waals surface area contributed by atoms with Gasteiger partial charge in [0.15, 0.2) is 5.96 Å². The molecule has 0 aromatic carbocycles. The van der Waals surface area contributed by atoms with E-state index in [0.29, 0.717) is 38.8 Å². The van der Waals surface area contributed by atoms with Crippen molar-refractivity contribution in [3.05, 3.63) is 0 Å². The van der Waals surface area contributed by atoms with E-state index in [1.165, 1.54) is 18.7 Å². The zero-order valence-electron chi connectivity index (χ0n) is 22.3. The number of hydrogen-bond donors (Lipinski definition) is 8. The molecule has 0 spiro atoms. The lowest BCUT2D eigenvalue weighted by Crippen LogP contribution is -2.61. The van der Waals surface area contributed by atoms with Crippen LogP contribution in [-0.2, 0) is 24.0 Å². The molecule has 1 saturated heterocycles. The molecule has 1 heterocycles. The fraction of sp³-hybridized carbons (Fsp3) is 0.739. The zero-order valence-corrected chi connectivity index (χ0v) is 22.3. The Balaban J connectivity index is 2.88. The van der Waals surface area contributed by atoms with Gasteiger partial charge in [0.05, 0.1) is 12.1 Å². The first-order valence-corrected chi connectivity index (χ1v) is 12.6. The number of carbonyl (C=O) groups is 5. The van der Waals surface area contributed by atoms with Gasteiger partial charge < -0.3 is 48.3 Å². The summed E-state index contributed by atoms with van der Waals surface area (Å²) in [6.45, 7) is 6.49. The number of carboxylic acids is 1. The minimum Gasteiger partial charge on any atom is -0.480 e. The molecular weight excluding hydrogens is 500 g/mol. The molecule has 6 atom stereocenters. The number of amides is 4. The molecule has 1 rings (SSSR count). The molecule has 0 saturated carbocycles. The normalized spacial score (nSPS) is 19.0. The molecule has 15 nitrogen and oxygen atoms in total. The monoisotopic (exact) mass is 542 g/mol. The summed E-state index contributed by atoms with van der Waals surface area (Å²) < 4.78 is 0. The SMILES string of the molecule is CC(C)[C@H](NC(=O)[C@@H](NC(=O)[C@@H]1CCCN1C(=O)[C@@H](N)CCCN=C(N)N)[C@@H](C)O)C(=O)N[C@@H](C)C(=O)O. The van der Waals surface area contributed by atoms with Gasteiger partial charge in [-0.05, 0) is 45.4 Å². The van der Waals surface area contributed by atoms with Gasteiger partial charge in [-0.3, -0.25) is 29.0 Å². The highest BCUT2D eigenvalue weighted by Crippen LogP contribution is 2.19. The maximum atomic E-state index is 13.1. The fourth-order valence-electron chi connectivity index (χ4n) is 3.96. The Labute approximate surface area is 221 Å². The van der Waals surface area contributed by atoms with Gasteiger partial charge in [0.1, 0.15) is 24.2 Å². The molecule has 0 aromatic rings. The Morgan fingerprint density at radius 1 is 1.00 bits per heavy atom. The standard InChI is InChI=1S/C23H42N8O7/c1-11(2)16(19(34)28-12(3)22(37)38)29-20(35)17(13(4)32)30-18(33)15-8-6-10-31(15)21(36)14(24)7-5-9-27-23(25)26/h11-17,32H,5-10,24H2,1-4H3,(H,28,34)(H,29,35)(H,30,33)(H,37,38)(H4,25,26,27)/t12-,13+,14-,15-,16-,17-/m0/s1. The number of hydrogen-bond acceptors (Lipinski definition) is 8. The smallest absolute Gasteiger partial charge is 0.325 e. The molecule has 1 aliphatic heterocycles. The van der Waals surface area contributed by atoms with Crippen LogP contribution in [0.15, 0.2) is 4.99 Å². The predicted molar refractivity (Wildman–Crippen MR) is 138 cm³/mol. The fourth-order valence-corrected chi connectivity index (χ4v) is 3.96. The molecule has 0 radical (unpaired) electrons. The topological polar surface area (TPSA) is 256 Å². The summed E-state index contributed by atoms with van der Waals surface area (Å²) in [6.07, 6.45) is 0.328. The molecule has 0 aliphatic carbocycles. The number of nitrogens with one attached hydrogen (secondary N) is 3. The van der Waals surface area contributed by atoms with Crippen LogP contribution in [-0.4, -0.2) is 100 Å². The Morgan fingerprint density at radius 2 is 1.61 bits per heavy atom. The molecule has 0 aromatic heterocycles. The van der Waals surface area contributed by atoms with Gasteiger partial charge >= 0.3 is 5.97 Å². The lowest BCUT2D eigenvalue weighted by molar-refractivity contribution is -0.142. The number of aliphatic hydroxyl groups is 1. The van der Waals surface area contributed by atoms with Gasteiger partial charge in [-0.15, -0.1) is 0 Å².